The average Bonchev–Trinajstić information content (AvgIpc) is 2.49. The molecule has 0 N–H and O–H groups in total. The van der Waals surface area contributed by atoms with Gasteiger partial charge in [0.15, 0.2) is 0 Å². The summed E-state index contributed by atoms with van der Waals surface area (Å²) in [5, 5.41) is 0.644. The summed E-state index contributed by atoms with van der Waals surface area (Å²) in [4.78, 5) is 11.4. The Kier molecular flexibility index (Phi) is 4.15. The van der Waals surface area contributed by atoms with Gasteiger partial charge in [-0.05, 0) is 42.7 Å². The lowest BCUT2D eigenvalue weighted by atomic mass is 10.1. The van der Waals surface area contributed by atoms with E-state index >= 15 is 0 Å². The highest BCUT2D eigenvalue weighted by Gasteiger charge is 2.17. The molecule has 0 unspecified atom stereocenters. The van der Waals surface area contributed by atoms with E-state index in [1.54, 1.807) is 50.2 Å². The fourth-order valence-corrected chi connectivity index (χ4v) is 3.59. The van der Waals surface area contributed by atoms with Gasteiger partial charge >= 0.3 is 15.7 Å². The molecule has 1 aromatic heterocycles. The van der Waals surface area contributed by atoms with Crippen LogP contribution < -0.4 is 9.81 Å². The van der Waals surface area contributed by atoms with E-state index in [9.17, 15) is 13.2 Å². The molecule has 2 aromatic carbocycles. The van der Waals surface area contributed by atoms with Gasteiger partial charge in [-0.3, -0.25) is 0 Å². The van der Waals surface area contributed by atoms with E-state index in [-0.39, 0.29) is 11.5 Å². The summed E-state index contributed by atoms with van der Waals surface area (Å²) in [6, 6.07) is 13.4. The van der Waals surface area contributed by atoms with Crippen molar-refractivity contribution in [2.45, 2.75) is 19.6 Å². The number of hydrogen-bond donors (Lipinski definition) is 0. The molecule has 0 saturated carbocycles. The maximum atomic E-state index is 12.3. The van der Waals surface area contributed by atoms with Gasteiger partial charge in [0, 0.05) is 11.5 Å². The summed E-state index contributed by atoms with van der Waals surface area (Å²) in [5.74, 6) is 0.0177. The second-order valence-corrected chi connectivity index (χ2v) is 7.20. The van der Waals surface area contributed by atoms with Crippen LogP contribution in [-0.2, 0) is 15.9 Å². The third-order valence-corrected chi connectivity index (χ3v) is 4.77. The van der Waals surface area contributed by atoms with Crippen molar-refractivity contribution in [2.24, 2.45) is 0 Å². The summed E-state index contributed by atoms with van der Waals surface area (Å²) in [7, 11) is -3.79. The molecule has 1 heterocycles. The van der Waals surface area contributed by atoms with Crippen LogP contribution in [-0.4, -0.2) is 8.42 Å². The van der Waals surface area contributed by atoms with Crippen LogP contribution in [0.2, 0.25) is 0 Å². The maximum Gasteiger partial charge on any atom is 0.336 e. The first-order valence-electron chi connectivity index (χ1n) is 7.35. The van der Waals surface area contributed by atoms with Crippen LogP contribution in [0.5, 0.6) is 5.75 Å². The molecule has 6 heteroatoms. The van der Waals surface area contributed by atoms with Gasteiger partial charge < -0.3 is 8.60 Å². The Labute approximate surface area is 139 Å². The van der Waals surface area contributed by atoms with Crippen molar-refractivity contribution >= 4 is 21.1 Å². The van der Waals surface area contributed by atoms with Crippen LogP contribution in [0.15, 0.2) is 57.7 Å². The average molecular weight is 344 g/mol. The molecule has 3 rings (SSSR count). The second-order valence-electron chi connectivity index (χ2n) is 5.63. The molecular formula is C18H16O5S. The molecule has 0 radical (unpaired) electrons. The number of hydrogen-bond acceptors (Lipinski definition) is 5. The number of rotatable bonds is 4. The first-order chi connectivity index (χ1) is 11.3. The molecule has 0 aliphatic rings. The van der Waals surface area contributed by atoms with Crippen molar-refractivity contribution in [1.29, 1.82) is 0 Å². The molecule has 3 aromatic rings. The van der Waals surface area contributed by atoms with Gasteiger partial charge in [0.25, 0.3) is 0 Å². The molecule has 0 amide bonds. The Morgan fingerprint density at radius 1 is 1.00 bits per heavy atom. The fraction of sp³-hybridized carbons (Fsp3) is 0.167. The van der Waals surface area contributed by atoms with Crippen molar-refractivity contribution in [3.63, 3.8) is 0 Å². The third kappa shape index (κ3) is 3.49. The van der Waals surface area contributed by atoms with Crippen molar-refractivity contribution in [3.8, 4) is 5.75 Å². The van der Waals surface area contributed by atoms with Crippen LogP contribution >= 0.6 is 0 Å². The van der Waals surface area contributed by atoms with Crippen molar-refractivity contribution < 1.29 is 17.0 Å². The topological polar surface area (TPSA) is 73.6 Å². The minimum absolute atomic E-state index is 0.214. The SMILES string of the molecule is Cc1cc2oc(=O)cc(C)c2cc1OS(=O)(=O)Cc1ccccc1. The molecule has 0 aliphatic heterocycles. The Hall–Kier alpha value is -2.60. The van der Waals surface area contributed by atoms with E-state index in [0.29, 0.717) is 27.7 Å². The number of aryl methyl sites for hydroxylation is 2. The Morgan fingerprint density at radius 3 is 2.42 bits per heavy atom. The predicted molar refractivity (Wildman–Crippen MR) is 91.7 cm³/mol. The van der Waals surface area contributed by atoms with Gasteiger partial charge in [-0.2, -0.15) is 8.42 Å². The van der Waals surface area contributed by atoms with E-state index in [0.717, 1.165) is 0 Å². The number of benzene rings is 2. The molecule has 0 aliphatic carbocycles. The van der Waals surface area contributed by atoms with Crippen LogP contribution in [0.1, 0.15) is 16.7 Å². The van der Waals surface area contributed by atoms with E-state index in [1.165, 1.54) is 6.07 Å². The highest BCUT2D eigenvalue weighted by Crippen LogP contribution is 2.28. The van der Waals surface area contributed by atoms with Crippen LogP contribution in [0.3, 0.4) is 0 Å². The monoisotopic (exact) mass is 344 g/mol. The Morgan fingerprint density at radius 2 is 1.71 bits per heavy atom. The maximum absolute atomic E-state index is 12.3. The van der Waals surface area contributed by atoms with Gasteiger partial charge in [-0.1, -0.05) is 30.3 Å². The molecule has 0 atom stereocenters. The largest absolute Gasteiger partial charge is 0.423 e. The second kappa shape index (κ2) is 6.13. The zero-order valence-corrected chi connectivity index (χ0v) is 14.1. The molecule has 0 bridgehead atoms. The zero-order chi connectivity index (χ0) is 17.3. The summed E-state index contributed by atoms with van der Waals surface area (Å²) < 4.78 is 35.0. The normalized spacial score (nSPS) is 11.6. The molecule has 5 nitrogen and oxygen atoms in total. The Bertz CT molecular complexity index is 1050. The van der Waals surface area contributed by atoms with Crippen LogP contribution in [0.4, 0.5) is 0 Å². The third-order valence-electron chi connectivity index (χ3n) is 3.65. The van der Waals surface area contributed by atoms with E-state index in [1.807, 2.05) is 6.07 Å². The zero-order valence-electron chi connectivity index (χ0n) is 13.3. The van der Waals surface area contributed by atoms with Crippen LogP contribution in [0.25, 0.3) is 11.0 Å². The molecule has 24 heavy (non-hydrogen) atoms. The predicted octanol–water partition coefficient (Wildman–Crippen LogP) is 3.32. The van der Waals surface area contributed by atoms with Crippen molar-refractivity contribution in [1.82, 2.24) is 0 Å². The quantitative estimate of drug-likeness (QED) is 0.536. The fourth-order valence-electron chi connectivity index (χ4n) is 2.48. The van der Waals surface area contributed by atoms with Gasteiger partial charge in [-0.15, -0.1) is 0 Å². The summed E-state index contributed by atoms with van der Waals surface area (Å²) in [5.41, 5.74) is 1.90. The smallest absolute Gasteiger partial charge is 0.336 e. The minimum atomic E-state index is -3.79. The lowest BCUT2D eigenvalue weighted by molar-refractivity contribution is 0.483. The molecule has 0 saturated heterocycles. The number of fused-ring (bicyclic) bond motifs is 1. The molecular weight excluding hydrogens is 328 g/mol. The summed E-state index contributed by atoms with van der Waals surface area (Å²) in [6.07, 6.45) is 0. The van der Waals surface area contributed by atoms with E-state index in [2.05, 4.69) is 0 Å². The first kappa shape index (κ1) is 16.3. The van der Waals surface area contributed by atoms with Gasteiger partial charge in [0.2, 0.25) is 0 Å². The lowest BCUT2D eigenvalue weighted by Crippen LogP contribution is -2.13. The summed E-state index contributed by atoms with van der Waals surface area (Å²) >= 11 is 0. The highest BCUT2D eigenvalue weighted by atomic mass is 32.2. The Balaban J connectivity index is 1.97. The van der Waals surface area contributed by atoms with E-state index in [4.69, 9.17) is 8.60 Å². The first-order valence-corrected chi connectivity index (χ1v) is 8.93. The molecule has 0 fully saturated rings. The highest BCUT2D eigenvalue weighted by molar-refractivity contribution is 7.86. The standard InChI is InChI=1S/C18H16O5S/c1-12-9-18(19)22-17-8-13(2)16(10-15(12)17)23-24(20,21)11-14-6-4-3-5-7-14/h3-10H,11H2,1-2H3. The molecule has 0 spiro atoms. The van der Waals surface area contributed by atoms with Crippen molar-refractivity contribution in [3.05, 3.63) is 75.6 Å². The lowest BCUT2D eigenvalue weighted by Gasteiger charge is -2.11. The van der Waals surface area contributed by atoms with Gasteiger partial charge in [0.1, 0.15) is 17.1 Å². The van der Waals surface area contributed by atoms with E-state index < -0.39 is 15.7 Å². The molecule has 124 valence electrons. The van der Waals surface area contributed by atoms with Gasteiger partial charge in [-0.25, -0.2) is 4.79 Å². The van der Waals surface area contributed by atoms with Crippen molar-refractivity contribution in [2.75, 3.05) is 0 Å². The van der Waals surface area contributed by atoms with Gasteiger partial charge in [0.05, 0.1) is 0 Å². The minimum Gasteiger partial charge on any atom is -0.423 e. The summed E-state index contributed by atoms with van der Waals surface area (Å²) in [6.45, 7) is 3.46. The van der Waals surface area contributed by atoms with Crippen LogP contribution in [0, 0.1) is 13.8 Å².